The van der Waals surface area contributed by atoms with Crippen LogP contribution in [0.2, 0.25) is 5.02 Å². The molecule has 0 fully saturated rings. The molecule has 22 heavy (non-hydrogen) atoms. The number of para-hydroxylation sites is 2. The van der Waals surface area contributed by atoms with Crippen LogP contribution < -0.4 is 5.32 Å². The van der Waals surface area contributed by atoms with Gasteiger partial charge in [-0.1, -0.05) is 23.7 Å². The summed E-state index contributed by atoms with van der Waals surface area (Å²) < 4.78 is 0. The molecule has 0 amide bonds. The minimum absolute atomic E-state index is 0.715. The Balaban J connectivity index is 1.61. The molecule has 0 unspecified atom stereocenters. The van der Waals surface area contributed by atoms with Gasteiger partial charge in [-0.05, 0) is 36.4 Å². The zero-order chi connectivity index (χ0) is 14.9. The van der Waals surface area contributed by atoms with Gasteiger partial charge in [0.2, 0.25) is 0 Å². The molecule has 0 aliphatic carbocycles. The molecule has 0 radical (unpaired) electrons. The SMILES string of the molecule is Clc1ccc(Nc2nc(-c3nc4ccccc4[nH]3)cs2)cc1. The predicted molar refractivity (Wildman–Crippen MR) is 91.9 cm³/mol. The summed E-state index contributed by atoms with van der Waals surface area (Å²) in [7, 11) is 0. The number of hydrogen-bond acceptors (Lipinski definition) is 4. The van der Waals surface area contributed by atoms with Crippen LogP contribution in [0.4, 0.5) is 10.8 Å². The van der Waals surface area contributed by atoms with Crippen molar-refractivity contribution in [1.82, 2.24) is 15.0 Å². The van der Waals surface area contributed by atoms with Gasteiger partial charge in [-0.3, -0.25) is 0 Å². The van der Waals surface area contributed by atoms with Crippen LogP contribution in [0.1, 0.15) is 0 Å². The Labute approximate surface area is 135 Å². The zero-order valence-electron chi connectivity index (χ0n) is 11.4. The summed E-state index contributed by atoms with van der Waals surface area (Å²) in [6.07, 6.45) is 0. The van der Waals surface area contributed by atoms with Crippen LogP contribution in [0.3, 0.4) is 0 Å². The molecular formula is C16H11ClN4S. The summed E-state index contributed by atoms with van der Waals surface area (Å²) in [5, 5.41) is 6.78. The number of rotatable bonds is 3. The maximum absolute atomic E-state index is 5.88. The molecular weight excluding hydrogens is 316 g/mol. The fourth-order valence-electron chi connectivity index (χ4n) is 2.17. The quantitative estimate of drug-likeness (QED) is 0.551. The van der Waals surface area contributed by atoms with Crippen molar-refractivity contribution in [3.05, 3.63) is 58.9 Å². The number of thiazole rings is 1. The highest BCUT2D eigenvalue weighted by atomic mass is 35.5. The maximum atomic E-state index is 5.88. The van der Waals surface area contributed by atoms with Crippen molar-refractivity contribution in [3.63, 3.8) is 0 Å². The lowest BCUT2D eigenvalue weighted by Gasteiger charge is -2.01. The first-order chi connectivity index (χ1) is 10.8. The first-order valence-electron chi connectivity index (χ1n) is 6.71. The van der Waals surface area contributed by atoms with Gasteiger partial charge in [-0.25, -0.2) is 9.97 Å². The van der Waals surface area contributed by atoms with Gasteiger partial charge in [-0.15, -0.1) is 11.3 Å². The monoisotopic (exact) mass is 326 g/mol. The minimum Gasteiger partial charge on any atom is -0.337 e. The van der Waals surface area contributed by atoms with Gasteiger partial charge in [0, 0.05) is 16.1 Å². The minimum atomic E-state index is 0.715. The summed E-state index contributed by atoms with van der Waals surface area (Å²) in [5.41, 5.74) is 3.74. The lowest BCUT2D eigenvalue weighted by molar-refractivity contribution is 1.27. The molecule has 2 aromatic heterocycles. The molecule has 0 atom stereocenters. The Kier molecular flexibility index (Phi) is 3.29. The van der Waals surface area contributed by atoms with E-state index in [0.717, 1.165) is 33.4 Å². The highest BCUT2D eigenvalue weighted by Gasteiger charge is 2.09. The van der Waals surface area contributed by atoms with E-state index in [1.807, 2.05) is 53.9 Å². The van der Waals surface area contributed by atoms with E-state index in [4.69, 9.17) is 11.6 Å². The molecule has 2 aromatic carbocycles. The van der Waals surface area contributed by atoms with E-state index in [2.05, 4.69) is 20.3 Å². The third kappa shape index (κ3) is 2.56. The van der Waals surface area contributed by atoms with E-state index in [1.54, 1.807) is 0 Å². The molecule has 0 aliphatic rings. The standard InChI is InChI=1S/C16H11ClN4S/c17-10-5-7-11(8-6-10)18-16-21-14(9-22-16)15-19-12-3-1-2-4-13(12)20-15/h1-9H,(H,18,21)(H,19,20). The second-order valence-electron chi connectivity index (χ2n) is 4.77. The maximum Gasteiger partial charge on any atom is 0.187 e. The normalized spacial score (nSPS) is 11.0. The fraction of sp³-hybridized carbons (Fsp3) is 0. The number of aromatic nitrogens is 3. The van der Waals surface area contributed by atoms with E-state index < -0.39 is 0 Å². The second kappa shape index (κ2) is 5.44. The van der Waals surface area contributed by atoms with Gasteiger partial charge in [0.15, 0.2) is 11.0 Å². The van der Waals surface area contributed by atoms with E-state index in [9.17, 15) is 0 Å². The second-order valence-corrected chi connectivity index (χ2v) is 6.07. The van der Waals surface area contributed by atoms with Gasteiger partial charge in [-0.2, -0.15) is 0 Å². The molecule has 2 heterocycles. The van der Waals surface area contributed by atoms with Crippen LogP contribution in [0.5, 0.6) is 0 Å². The fourth-order valence-corrected chi connectivity index (χ4v) is 3.01. The Morgan fingerprint density at radius 2 is 1.82 bits per heavy atom. The number of imidazole rings is 1. The number of anilines is 2. The van der Waals surface area contributed by atoms with Crippen molar-refractivity contribution < 1.29 is 0 Å². The molecule has 6 heteroatoms. The summed E-state index contributed by atoms with van der Waals surface area (Å²) in [5.74, 6) is 0.779. The summed E-state index contributed by atoms with van der Waals surface area (Å²) in [6.45, 7) is 0. The van der Waals surface area contributed by atoms with E-state index >= 15 is 0 Å². The van der Waals surface area contributed by atoms with E-state index in [1.165, 1.54) is 11.3 Å². The lowest BCUT2D eigenvalue weighted by atomic mass is 10.3. The Morgan fingerprint density at radius 3 is 2.64 bits per heavy atom. The molecule has 0 saturated heterocycles. The van der Waals surface area contributed by atoms with E-state index in [0.29, 0.717) is 5.02 Å². The molecule has 4 aromatic rings. The Bertz CT molecular complexity index is 894. The molecule has 0 bridgehead atoms. The van der Waals surface area contributed by atoms with Crippen molar-refractivity contribution in [2.24, 2.45) is 0 Å². The number of benzene rings is 2. The molecule has 0 spiro atoms. The van der Waals surface area contributed by atoms with Crippen LogP contribution in [0, 0.1) is 0 Å². The highest BCUT2D eigenvalue weighted by molar-refractivity contribution is 7.14. The van der Waals surface area contributed by atoms with Crippen LogP contribution in [-0.2, 0) is 0 Å². The first-order valence-corrected chi connectivity index (χ1v) is 7.97. The third-order valence-electron chi connectivity index (χ3n) is 3.23. The topological polar surface area (TPSA) is 53.6 Å². The molecule has 0 saturated carbocycles. The molecule has 2 N–H and O–H groups in total. The van der Waals surface area contributed by atoms with Gasteiger partial charge >= 0.3 is 0 Å². The van der Waals surface area contributed by atoms with Crippen molar-refractivity contribution in [1.29, 1.82) is 0 Å². The number of fused-ring (bicyclic) bond motifs is 1. The smallest absolute Gasteiger partial charge is 0.187 e. The van der Waals surface area contributed by atoms with Gasteiger partial charge in [0.1, 0.15) is 5.69 Å². The summed E-state index contributed by atoms with van der Waals surface area (Å²) >= 11 is 7.42. The molecule has 0 aliphatic heterocycles. The third-order valence-corrected chi connectivity index (χ3v) is 4.24. The summed E-state index contributed by atoms with van der Waals surface area (Å²) in [6, 6.07) is 15.5. The van der Waals surface area contributed by atoms with Crippen molar-refractivity contribution >= 4 is 44.8 Å². The average molecular weight is 327 g/mol. The number of aromatic amines is 1. The van der Waals surface area contributed by atoms with Gasteiger partial charge in [0.05, 0.1) is 11.0 Å². The zero-order valence-corrected chi connectivity index (χ0v) is 12.9. The highest BCUT2D eigenvalue weighted by Crippen LogP contribution is 2.27. The van der Waals surface area contributed by atoms with E-state index in [-0.39, 0.29) is 0 Å². The van der Waals surface area contributed by atoms with Crippen molar-refractivity contribution in [2.75, 3.05) is 5.32 Å². The number of H-pyrrole nitrogens is 1. The van der Waals surface area contributed by atoms with Gasteiger partial charge < -0.3 is 10.3 Å². The Hall–Kier alpha value is -2.37. The van der Waals surface area contributed by atoms with Crippen molar-refractivity contribution in [2.45, 2.75) is 0 Å². The number of hydrogen-bond donors (Lipinski definition) is 2. The number of nitrogens with zero attached hydrogens (tertiary/aromatic N) is 2. The first kappa shape index (κ1) is 13.3. The predicted octanol–water partition coefficient (Wildman–Crippen LogP) is 5.08. The molecule has 108 valence electrons. The molecule has 4 nitrogen and oxygen atoms in total. The van der Waals surface area contributed by atoms with Crippen molar-refractivity contribution in [3.8, 4) is 11.5 Å². The number of nitrogens with one attached hydrogen (secondary N) is 2. The largest absolute Gasteiger partial charge is 0.337 e. The van der Waals surface area contributed by atoms with Crippen LogP contribution in [0.25, 0.3) is 22.6 Å². The summed E-state index contributed by atoms with van der Waals surface area (Å²) in [4.78, 5) is 12.4. The van der Waals surface area contributed by atoms with Gasteiger partial charge in [0.25, 0.3) is 0 Å². The van der Waals surface area contributed by atoms with Crippen LogP contribution in [0.15, 0.2) is 53.9 Å². The Morgan fingerprint density at radius 1 is 1.00 bits per heavy atom. The lowest BCUT2D eigenvalue weighted by Crippen LogP contribution is -1.89. The average Bonchev–Trinajstić information content (AvgIpc) is 3.15. The van der Waals surface area contributed by atoms with Crippen LogP contribution >= 0.6 is 22.9 Å². The molecule has 4 rings (SSSR count). The number of halogens is 1. The van der Waals surface area contributed by atoms with Crippen LogP contribution in [-0.4, -0.2) is 15.0 Å².